The van der Waals surface area contributed by atoms with E-state index in [0.717, 1.165) is 51.6 Å². The van der Waals surface area contributed by atoms with Gasteiger partial charge in [-0.2, -0.15) is 0 Å². The molecule has 1 aliphatic heterocycles. The van der Waals surface area contributed by atoms with Gasteiger partial charge in [-0.1, -0.05) is 12.8 Å². The molecule has 1 aliphatic carbocycles. The van der Waals surface area contributed by atoms with E-state index < -0.39 is 0 Å². The summed E-state index contributed by atoms with van der Waals surface area (Å²) in [6.07, 6.45) is 8.72. The largest absolute Gasteiger partial charge is 0.381 e. The van der Waals surface area contributed by atoms with Crippen LogP contribution in [0.2, 0.25) is 0 Å². The van der Waals surface area contributed by atoms with Crippen molar-refractivity contribution in [1.82, 2.24) is 10.6 Å². The van der Waals surface area contributed by atoms with E-state index in [1.165, 1.54) is 25.7 Å². The molecule has 0 radical (unpaired) electrons. The molecule has 5 nitrogen and oxygen atoms in total. The van der Waals surface area contributed by atoms with Crippen LogP contribution in [-0.4, -0.2) is 51.5 Å². The molecular formula is C15H30IN3O2. The molecule has 1 heterocycles. The van der Waals surface area contributed by atoms with Crippen LogP contribution in [0.25, 0.3) is 0 Å². The molecule has 0 aromatic heterocycles. The molecule has 0 bridgehead atoms. The maximum absolute atomic E-state index is 5.85. The lowest BCUT2D eigenvalue weighted by atomic mass is 10.1. The van der Waals surface area contributed by atoms with Gasteiger partial charge >= 0.3 is 0 Å². The fourth-order valence-electron chi connectivity index (χ4n) is 2.83. The number of halogens is 1. The van der Waals surface area contributed by atoms with E-state index in [1.807, 2.05) is 7.05 Å². The fourth-order valence-corrected chi connectivity index (χ4v) is 2.83. The van der Waals surface area contributed by atoms with Gasteiger partial charge in [-0.3, -0.25) is 4.99 Å². The summed E-state index contributed by atoms with van der Waals surface area (Å²) in [6, 6.07) is 0.611. The summed E-state index contributed by atoms with van der Waals surface area (Å²) in [4.78, 5) is 4.28. The summed E-state index contributed by atoms with van der Waals surface area (Å²) in [5.41, 5.74) is 0. The molecule has 0 amide bonds. The minimum absolute atomic E-state index is 0. The quantitative estimate of drug-likeness (QED) is 0.305. The Bertz CT molecular complexity index is 291. The van der Waals surface area contributed by atoms with Crippen molar-refractivity contribution in [2.45, 2.75) is 57.1 Å². The zero-order valence-corrected chi connectivity index (χ0v) is 15.4. The van der Waals surface area contributed by atoms with Crippen LogP contribution in [0.1, 0.15) is 44.9 Å². The average molecular weight is 411 g/mol. The van der Waals surface area contributed by atoms with Gasteiger partial charge in [0.05, 0.1) is 6.10 Å². The van der Waals surface area contributed by atoms with E-state index >= 15 is 0 Å². The van der Waals surface area contributed by atoms with Gasteiger partial charge in [-0.25, -0.2) is 0 Å². The molecule has 0 aromatic carbocycles. The van der Waals surface area contributed by atoms with Gasteiger partial charge in [-0.15, -0.1) is 24.0 Å². The first kappa shape index (κ1) is 19.0. The summed E-state index contributed by atoms with van der Waals surface area (Å²) in [6.45, 7) is 3.43. The van der Waals surface area contributed by atoms with Gasteiger partial charge in [0.25, 0.3) is 0 Å². The second kappa shape index (κ2) is 11.5. The van der Waals surface area contributed by atoms with E-state index in [4.69, 9.17) is 9.47 Å². The maximum Gasteiger partial charge on any atom is 0.191 e. The zero-order chi connectivity index (χ0) is 14.0. The summed E-state index contributed by atoms with van der Waals surface area (Å²) in [7, 11) is 1.84. The van der Waals surface area contributed by atoms with Crippen LogP contribution in [0.3, 0.4) is 0 Å². The Morgan fingerprint density at radius 3 is 2.57 bits per heavy atom. The number of guanidine groups is 1. The third-order valence-corrected chi connectivity index (χ3v) is 4.06. The molecule has 0 atom stereocenters. The highest BCUT2D eigenvalue weighted by molar-refractivity contribution is 14.0. The van der Waals surface area contributed by atoms with E-state index in [1.54, 1.807) is 0 Å². The average Bonchev–Trinajstić information content (AvgIpc) is 3.00. The van der Waals surface area contributed by atoms with E-state index in [0.29, 0.717) is 12.1 Å². The molecule has 0 unspecified atom stereocenters. The highest BCUT2D eigenvalue weighted by Crippen LogP contribution is 2.17. The molecule has 2 fully saturated rings. The van der Waals surface area contributed by atoms with Gasteiger partial charge in [0, 0.05) is 39.5 Å². The molecule has 6 heteroatoms. The molecule has 1 saturated carbocycles. The van der Waals surface area contributed by atoms with Crippen LogP contribution >= 0.6 is 24.0 Å². The Morgan fingerprint density at radius 2 is 1.90 bits per heavy atom. The Hall–Kier alpha value is -0.0800. The predicted octanol–water partition coefficient (Wildman–Crippen LogP) is 2.30. The monoisotopic (exact) mass is 411 g/mol. The SMILES string of the molecule is CN=C(NCCCOC1CCOCC1)NC1CCCC1.I. The van der Waals surface area contributed by atoms with Crippen LogP contribution in [0.15, 0.2) is 4.99 Å². The molecule has 2 aliphatic rings. The van der Waals surface area contributed by atoms with Gasteiger partial charge < -0.3 is 20.1 Å². The first-order chi connectivity index (χ1) is 9.88. The highest BCUT2D eigenvalue weighted by Gasteiger charge is 2.16. The molecule has 2 N–H and O–H groups in total. The van der Waals surface area contributed by atoms with Crippen LogP contribution < -0.4 is 10.6 Å². The second-order valence-corrected chi connectivity index (χ2v) is 5.66. The number of ether oxygens (including phenoxy) is 2. The summed E-state index contributed by atoms with van der Waals surface area (Å²) >= 11 is 0. The Kier molecular flexibility index (Phi) is 10.4. The minimum atomic E-state index is 0. The van der Waals surface area contributed by atoms with Gasteiger partial charge in [0.2, 0.25) is 0 Å². The number of nitrogens with one attached hydrogen (secondary N) is 2. The normalized spacial score (nSPS) is 21.1. The van der Waals surface area contributed by atoms with Crippen molar-refractivity contribution in [1.29, 1.82) is 0 Å². The van der Waals surface area contributed by atoms with E-state index in [9.17, 15) is 0 Å². The standard InChI is InChI=1S/C15H29N3O2.HI/c1-16-15(18-13-5-2-3-6-13)17-9-4-10-20-14-7-11-19-12-8-14;/h13-14H,2-12H2,1H3,(H2,16,17,18);1H. The van der Waals surface area contributed by atoms with Crippen LogP contribution in [0.5, 0.6) is 0 Å². The van der Waals surface area contributed by atoms with Crippen molar-refractivity contribution in [2.24, 2.45) is 4.99 Å². The van der Waals surface area contributed by atoms with Crippen molar-refractivity contribution >= 4 is 29.9 Å². The number of aliphatic imine (C=N–C) groups is 1. The second-order valence-electron chi connectivity index (χ2n) is 5.66. The van der Waals surface area contributed by atoms with Gasteiger partial charge in [0.15, 0.2) is 5.96 Å². The topological polar surface area (TPSA) is 54.9 Å². The Morgan fingerprint density at radius 1 is 1.19 bits per heavy atom. The maximum atomic E-state index is 5.85. The summed E-state index contributed by atoms with van der Waals surface area (Å²) in [5.74, 6) is 0.933. The van der Waals surface area contributed by atoms with Crippen molar-refractivity contribution in [3.05, 3.63) is 0 Å². The highest BCUT2D eigenvalue weighted by atomic mass is 127. The smallest absolute Gasteiger partial charge is 0.191 e. The molecule has 0 spiro atoms. The lowest BCUT2D eigenvalue weighted by Gasteiger charge is -2.22. The zero-order valence-electron chi connectivity index (χ0n) is 13.1. The van der Waals surface area contributed by atoms with Crippen LogP contribution in [-0.2, 0) is 9.47 Å². The van der Waals surface area contributed by atoms with Crippen LogP contribution in [0, 0.1) is 0 Å². The van der Waals surface area contributed by atoms with Gasteiger partial charge in [0.1, 0.15) is 0 Å². The number of hydrogen-bond acceptors (Lipinski definition) is 3. The lowest BCUT2D eigenvalue weighted by Crippen LogP contribution is -2.42. The molecule has 124 valence electrons. The first-order valence-electron chi connectivity index (χ1n) is 8.05. The summed E-state index contributed by atoms with van der Waals surface area (Å²) < 4.78 is 11.2. The lowest BCUT2D eigenvalue weighted by molar-refractivity contribution is -0.0320. The fraction of sp³-hybridized carbons (Fsp3) is 0.933. The third-order valence-electron chi connectivity index (χ3n) is 4.06. The Labute approximate surface area is 145 Å². The van der Waals surface area contributed by atoms with Crippen molar-refractivity contribution in [3.63, 3.8) is 0 Å². The number of nitrogens with zero attached hydrogens (tertiary/aromatic N) is 1. The van der Waals surface area contributed by atoms with Crippen molar-refractivity contribution in [2.75, 3.05) is 33.4 Å². The first-order valence-corrected chi connectivity index (χ1v) is 8.05. The van der Waals surface area contributed by atoms with Crippen molar-refractivity contribution < 1.29 is 9.47 Å². The third kappa shape index (κ3) is 7.65. The number of hydrogen-bond donors (Lipinski definition) is 2. The molecule has 1 saturated heterocycles. The molecular weight excluding hydrogens is 381 g/mol. The molecule has 0 aromatic rings. The minimum Gasteiger partial charge on any atom is -0.381 e. The van der Waals surface area contributed by atoms with E-state index in [-0.39, 0.29) is 24.0 Å². The predicted molar refractivity (Wildman–Crippen MR) is 96.6 cm³/mol. The van der Waals surface area contributed by atoms with Crippen LogP contribution in [0.4, 0.5) is 0 Å². The van der Waals surface area contributed by atoms with Gasteiger partial charge in [-0.05, 0) is 32.1 Å². The molecule has 21 heavy (non-hydrogen) atoms. The number of rotatable bonds is 6. The van der Waals surface area contributed by atoms with E-state index in [2.05, 4.69) is 15.6 Å². The molecule has 2 rings (SSSR count). The summed E-state index contributed by atoms with van der Waals surface area (Å²) in [5, 5.41) is 6.86. The Balaban J connectivity index is 0.00000220. The van der Waals surface area contributed by atoms with Crippen molar-refractivity contribution in [3.8, 4) is 0 Å².